The largest absolute Gasteiger partial charge is 0.368 e. The molecule has 0 amide bonds. The number of anilines is 2. The van der Waals surface area contributed by atoms with Gasteiger partial charge in [-0.25, -0.2) is 19.5 Å². The standard InChI is InChI=1S/C23H24N8/c1-3-7-19-21-23(26-13-12-25-20-11-10-17(14-24)15-27-20)29-22(18-8-5-4-6-9-18)30-31(21)16(2)28-19/h4-6,8-11,15H,3,7,12-13H2,1-2H3,(H,25,27)(H,26,29,30). The summed E-state index contributed by atoms with van der Waals surface area (Å²) < 4.78 is 1.89. The Morgan fingerprint density at radius 3 is 2.55 bits per heavy atom. The molecule has 0 saturated heterocycles. The molecule has 0 saturated carbocycles. The zero-order chi connectivity index (χ0) is 21.6. The molecule has 8 heteroatoms. The number of fused-ring (bicyclic) bond motifs is 1. The summed E-state index contributed by atoms with van der Waals surface area (Å²) in [4.78, 5) is 13.8. The highest BCUT2D eigenvalue weighted by Gasteiger charge is 2.17. The van der Waals surface area contributed by atoms with E-state index in [4.69, 9.17) is 20.3 Å². The van der Waals surface area contributed by atoms with E-state index in [1.54, 1.807) is 18.3 Å². The molecule has 8 nitrogen and oxygen atoms in total. The van der Waals surface area contributed by atoms with Crippen molar-refractivity contribution < 1.29 is 0 Å². The van der Waals surface area contributed by atoms with Crippen molar-refractivity contribution in [3.05, 3.63) is 65.7 Å². The monoisotopic (exact) mass is 412 g/mol. The average molecular weight is 413 g/mol. The van der Waals surface area contributed by atoms with E-state index in [1.165, 1.54) is 0 Å². The Morgan fingerprint density at radius 2 is 1.84 bits per heavy atom. The number of rotatable bonds is 8. The summed E-state index contributed by atoms with van der Waals surface area (Å²) in [5.41, 5.74) is 3.43. The Morgan fingerprint density at radius 1 is 1.03 bits per heavy atom. The highest BCUT2D eigenvalue weighted by Crippen LogP contribution is 2.24. The number of imidazole rings is 1. The first-order valence-corrected chi connectivity index (χ1v) is 10.3. The minimum absolute atomic E-state index is 0.542. The van der Waals surface area contributed by atoms with Crippen LogP contribution in [-0.2, 0) is 6.42 Å². The molecule has 1 aromatic carbocycles. The van der Waals surface area contributed by atoms with E-state index in [0.717, 1.165) is 47.1 Å². The molecule has 31 heavy (non-hydrogen) atoms. The summed E-state index contributed by atoms with van der Waals surface area (Å²) in [6.07, 6.45) is 3.42. The number of aryl methyl sites for hydroxylation is 2. The van der Waals surface area contributed by atoms with Gasteiger partial charge in [-0.15, -0.1) is 5.10 Å². The van der Waals surface area contributed by atoms with Crippen LogP contribution in [-0.4, -0.2) is 37.7 Å². The van der Waals surface area contributed by atoms with Gasteiger partial charge in [0.2, 0.25) is 0 Å². The quantitative estimate of drug-likeness (QED) is 0.424. The van der Waals surface area contributed by atoms with Crippen LogP contribution in [0, 0.1) is 18.3 Å². The molecule has 0 bridgehead atoms. The van der Waals surface area contributed by atoms with E-state index in [1.807, 2.05) is 41.8 Å². The molecular formula is C23H24N8. The third kappa shape index (κ3) is 4.46. The van der Waals surface area contributed by atoms with E-state index in [9.17, 15) is 0 Å². The third-order valence-electron chi connectivity index (χ3n) is 4.86. The Bertz CT molecular complexity index is 1210. The lowest BCUT2D eigenvalue weighted by molar-refractivity contribution is 0.857. The maximum Gasteiger partial charge on any atom is 0.182 e. The van der Waals surface area contributed by atoms with Crippen molar-refractivity contribution in [1.29, 1.82) is 5.26 Å². The van der Waals surface area contributed by atoms with E-state index in [2.05, 4.69) is 28.6 Å². The fourth-order valence-electron chi connectivity index (χ4n) is 3.39. The first-order chi connectivity index (χ1) is 15.2. The number of benzene rings is 1. The number of aromatic nitrogens is 5. The molecule has 3 heterocycles. The number of nitrogens with one attached hydrogen (secondary N) is 2. The fourth-order valence-corrected chi connectivity index (χ4v) is 3.39. The Balaban J connectivity index is 1.58. The number of hydrogen-bond donors (Lipinski definition) is 2. The molecule has 2 N–H and O–H groups in total. The molecule has 4 aromatic rings. The average Bonchev–Trinajstić information content (AvgIpc) is 3.13. The first-order valence-electron chi connectivity index (χ1n) is 10.3. The van der Waals surface area contributed by atoms with E-state index < -0.39 is 0 Å². The predicted molar refractivity (Wildman–Crippen MR) is 121 cm³/mol. The lowest BCUT2D eigenvalue weighted by atomic mass is 10.2. The summed E-state index contributed by atoms with van der Waals surface area (Å²) in [6, 6.07) is 15.6. The second-order valence-electron chi connectivity index (χ2n) is 7.16. The molecule has 0 spiro atoms. The molecule has 0 radical (unpaired) electrons. The van der Waals surface area contributed by atoms with Crippen LogP contribution in [0.5, 0.6) is 0 Å². The van der Waals surface area contributed by atoms with Gasteiger partial charge in [-0.2, -0.15) is 5.26 Å². The predicted octanol–water partition coefficient (Wildman–Crippen LogP) is 3.84. The summed E-state index contributed by atoms with van der Waals surface area (Å²) >= 11 is 0. The van der Waals surface area contributed by atoms with Crippen LogP contribution in [0.1, 0.15) is 30.4 Å². The maximum absolute atomic E-state index is 8.88. The highest BCUT2D eigenvalue weighted by atomic mass is 15.3. The molecule has 4 rings (SSSR count). The van der Waals surface area contributed by atoms with Crippen LogP contribution >= 0.6 is 0 Å². The van der Waals surface area contributed by atoms with Crippen molar-refractivity contribution in [1.82, 2.24) is 24.6 Å². The number of hydrogen-bond acceptors (Lipinski definition) is 7. The van der Waals surface area contributed by atoms with Crippen molar-refractivity contribution in [3.63, 3.8) is 0 Å². The molecular weight excluding hydrogens is 388 g/mol. The number of pyridine rings is 1. The van der Waals surface area contributed by atoms with Gasteiger partial charge >= 0.3 is 0 Å². The molecule has 0 aliphatic rings. The molecule has 0 aliphatic carbocycles. The van der Waals surface area contributed by atoms with Gasteiger partial charge in [-0.05, 0) is 25.5 Å². The minimum Gasteiger partial charge on any atom is -0.368 e. The smallest absolute Gasteiger partial charge is 0.182 e. The molecule has 0 atom stereocenters. The van der Waals surface area contributed by atoms with Crippen LogP contribution in [0.15, 0.2) is 48.7 Å². The van der Waals surface area contributed by atoms with Gasteiger partial charge in [0.05, 0.1) is 11.3 Å². The van der Waals surface area contributed by atoms with Crippen molar-refractivity contribution in [2.24, 2.45) is 0 Å². The van der Waals surface area contributed by atoms with Crippen molar-refractivity contribution in [2.45, 2.75) is 26.7 Å². The Labute approximate surface area is 181 Å². The van der Waals surface area contributed by atoms with Crippen LogP contribution in [0.25, 0.3) is 16.9 Å². The fraction of sp³-hybridized carbons (Fsp3) is 0.261. The molecule has 3 aromatic heterocycles. The normalized spacial score (nSPS) is 10.7. The topological polar surface area (TPSA) is 104 Å². The minimum atomic E-state index is 0.542. The van der Waals surface area contributed by atoms with Gasteiger partial charge in [0.1, 0.15) is 23.2 Å². The van der Waals surface area contributed by atoms with Crippen molar-refractivity contribution >= 4 is 17.2 Å². The molecule has 0 unspecified atom stereocenters. The van der Waals surface area contributed by atoms with Gasteiger partial charge in [-0.1, -0.05) is 43.7 Å². The van der Waals surface area contributed by atoms with Gasteiger partial charge in [0.25, 0.3) is 0 Å². The molecule has 0 fully saturated rings. The lowest BCUT2D eigenvalue weighted by Crippen LogP contribution is -2.16. The van der Waals surface area contributed by atoms with E-state index in [-0.39, 0.29) is 0 Å². The molecule has 0 aliphatic heterocycles. The van der Waals surface area contributed by atoms with E-state index >= 15 is 0 Å². The van der Waals surface area contributed by atoms with Crippen LogP contribution < -0.4 is 10.6 Å². The number of nitriles is 1. The van der Waals surface area contributed by atoms with Crippen LogP contribution in [0.4, 0.5) is 11.6 Å². The van der Waals surface area contributed by atoms with Crippen LogP contribution in [0.2, 0.25) is 0 Å². The van der Waals surface area contributed by atoms with Crippen molar-refractivity contribution in [2.75, 3.05) is 23.7 Å². The zero-order valence-corrected chi connectivity index (χ0v) is 17.6. The van der Waals surface area contributed by atoms with Gasteiger partial charge in [0.15, 0.2) is 11.6 Å². The van der Waals surface area contributed by atoms with E-state index in [0.29, 0.717) is 24.5 Å². The highest BCUT2D eigenvalue weighted by molar-refractivity contribution is 5.73. The summed E-state index contributed by atoms with van der Waals surface area (Å²) in [6.45, 7) is 5.39. The third-order valence-corrected chi connectivity index (χ3v) is 4.86. The second kappa shape index (κ2) is 9.22. The van der Waals surface area contributed by atoms with Gasteiger partial charge in [-0.3, -0.25) is 0 Å². The summed E-state index contributed by atoms with van der Waals surface area (Å²) in [5, 5.41) is 20.3. The first kappa shape index (κ1) is 20.3. The Hall–Kier alpha value is -3.99. The molecule has 156 valence electrons. The SMILES string of the molecule is CCCc1nc(C)n2nc(-c3ccccc3)nc(NCCNc3ccc(C#N)cn3)c12. The van der Waals surface area contributed by atoms with Gasteiger partial charge < -0.3 is 10.6 Å². The lowest BCUT2D eigenvalue weighted by Gasteiger charge is -2.12. The zero-order valence-electron chi connectivity index (χ0n) is 17.6. The van der Waals surface area contributed by atoms with Crippen LogP contribution in [0.3, 0.4) is 0 Å². The number of nitrogens with zero attached hydrogens (tertiary/aromatic N) is 6. The second-order valence-corrected chi connectivity index (χ2v) is 7.16. The maximum atomic E-state index is 8.88. The summed E-state index contributed by atoms with van der Waals surface area (Å²) in [5.74, 6) is 3.00. The van der Waals surface area contributed by atoms with Crippen molar-refractivity contribution in [3.8, 4) is 17.5 Å². The summed E-state index contributed by atoms with van der Waals surface area (Å²) in [7, 11) is 0. The Kier molecular flexibility index (Phi) is 6.03. The van der Waals surface area contributed by atoms with Gasteiger partial charge in [0, 0.05) is 24.8 Å².